The molecule has 0 radical (unpaired) electrons. The Kier molecular flexibility index (Phi) is 5.04. The standard InChI is InChI=1S/C23H23NO6/c1-2-26-21(25)18-15-24(20-10-6-4-8-17(20)22-27-11-12-28-22)23(29-13-14-30-23)19-9-5-3-7-16(18)19/h3-10,15,22H,2,11-14H2,1H3. The smallest absolute Gasteiger partial charge is 0.340 e. The van der Waals surface area contributed by atoms with Crippen LogP contribution in [0.15, 0.2) is 54.7 Å². The Morgan fingerprint density at radius 3 is 2.50 bits per heavy atom. The van der Waals surface area contributed by atoms with E-state index in [0.29, 0.717) is 32.0 Å². The van der Waals surface area contributed by atoms with Crippen LogP contribution in [0.4, 0.5) is 5.69 Å². The van der Waals surface area contributed by atoms with Crippen molar-refractivity contribution in [2.45, 2.75) is 19.1 Å². The van der Waals surface area contributed by atoms with Gasteiger partial charge in [-0.25, -0.2) is 4.79 Å². The van der Waals surface area contributed by atoms with Gasteiger partial charge in [-0.1, -0.05) is 42.5 Å². The molecule has 0 aliphatic carbocycles. The predicted octanol–water partition coefficient (Wildman–Crippen LogP) is 3.31. The van der Waals surface area contributed by atoms with Gasteiger partial charge >= 0.3 is 5.97 Å². The number of benzene rings is 2. The molecule has 1 spiro atoms. The number of esters is 1. The normalized spacial score (nSPS) is 20.3. The molecule has 7 nitrogen and oxygen atoms in total. The lowest BCUT2D eigenvalue weighted by atomic mass is 9.92. The quantitative estimate of drug-likeness (QED) is 0.718. The zero-order chi connectivity index (χ0) is 20.6. The van der Waals surface area contributed by atoms with Crippen molar-refractivity contribution in [3.63, 3.8) is 0 Å². The van der Waals surface area contributed by atoms with Gasteiger partial charge in [-0.15, -0.1) is 0 Å². The van der Waals surface area contributed by atoms with Crippen LogP contribution in [0.3, 0.4) is 0 Å². The number of ether oxygens (including phenoxy) is 5. The van der Waals surface area contributed by atoms with E-state index < -0.39 is 18.2 Å². The highest BCUT2D eigenvalue weighted by molar-refractivity contribution is 6.18. The molecule has 7 heteroatoms. The number of carbonyl (C=O) groups is 1. The monoisotopic (exact) mass is 409 g/mol. The Bertz CT molecular complexity index is 975. The Morgan fingerprint density at radius 2 is 1.73 bits per heavy atom. The molecule has 3 aliphatic rings. The number of fused-ring (bicyclic) bond motifs is 2. The summed E-state index contributed by atoms with van der Waals surface area (Å²) in [6.07, 6.45) is 1.26. The zero-order valence-corrected chi connectivity index (χ0v) is 16.7. The Balaban J connectivity index is 1.70. The van der Waals surface area contributed by atoms with Crippen molar-refractivity contribution < 1.29 is 28.5 Å². The van der Waals surface area contributed by atoms with Crippen molar-refractivity contribution in [3.05, 3.63) is 71.4 Å². The van der Waals surface area contributed by atoms with Crippen LogP contribution in [0.25, 0.3) is 5.57 Å². The van der Waals surface area contributed by atoms with Gasteiger partial charge < -0.3 is 23.7 Å². The molecule has 0 bridgehead atoms. The van der Waals surface area contributed by atoms with E-state index in [1.165, 1.54) is 0 Å². The van der Waals surface area contributed by atoms with Gasteiger partial charge in [0.1, 0.15) is 0 Å². The molecular formula is C23H23NO6. The SMILES string of the molecule is CCOC(=O)C1=CN(c2ccccc2C2OCCO2)C2(OCCO2)c2ccccc21. The second-order valence-corrected chi connectivity index (χ2v) is 7.09. The number of nitrogens with zero attached hydrogens (tertiary/aromatic N) is 1. The van der Waals surface area contributed by atoms with E-state index in [1.807, 2.05) is 53.4 Å². The molecule has 0 aromatic heterocycles. The minimum atomic E-state index is -1.18. The number of rotatable bonds is 4. The molecule has 30 heavy (non-hydrogen) atoms. The third-order valence-electron chi connectivity index (χ3n) is 5.38. The minimum absolute atomic E-state index is 0.289. The molecule has 0 N–H and O–H groups in total. The average Bonchev–Trinajstić information content (AvgIpc) is 3.48. The van der Waals surface area contributed by atoms with E-state index in [-0.39, 0.29) is 6.61 Å². The maximum absolute atomic E-state index is 12.8. The van der Waals surface area contributed by atoms with Crippen molar-refractivity contribution in [1.29, 1.82) is 0 Å². The number of carbonyl (C=O) groups excluding carboxylic acids is 1. The molecule has 0 saturated carbocycles. The van der Waals surface area contributed by atoms with Gasteiger partial charge in [0.15, 0.2) is 6.29 Å². The third-order valence-corrected chi connectivity index (χ3v) is 5.38. The number of anilines is 1. The molecule has 156 valence electrons. The second-order valence-electron chi connectivity index (χ2n) is 7.09. The summed E-state index contributed by atoms with van der Waals surface area (Å²) in [7, 11) is 0. The van der Waals surface area contributed by atoms with E-state index in [2.05, 4.69) is 0 Å². The minimum Gasteiger partial charge on any atom is -0.462 e. The summed E-state index contributed by atoms with van der Waals surface area (Å²) in [6, 6.07) is 15.4. The number of hydrogen-bond acceptors (Lipinski definition) is 7. The van der Waals surface area contributed by atoms with Crippen LogP contribution >= 0.6 is 0 Å². The topological polar surface area (TPSA) is 66.5 Å². The number of para-hydroxylation sites is 1. The van der Waals surface area contributed by atoms with E-state index >= 15 is 0 Å². The first-order valence-electron chi connectivity index (χ1n) is 10.1. The van der Waals surface area contributed by atoms with E-state index in [4.69, 9.17) is 23.7 Å². The fourth-order valence-electron chi connectivity index (χ4n) is 4.15. The van der Waals surface area contributed by atoms with Crippen molar-refractivity contribution in [2.75, 3.05) is 37.9 Å². The summed E-state index contributed by atoms with van der Waals surface area (Å²) in [4.78, 5) is 14.7. The summed E-state index contributed by atoms with van der Waals surface area (Å²) in [6.45, 7) is 4.02. The lowest BCUT2D eigenvalue weighted by molar-refractivity contribution is -0.161. The first kappa shape index (κ1) is 19.3. The van der Waals surface area contributed by atoms with Crippen LogP contribution in [0, 0.1) is 0 Å². The summed E-state index contributed by atoms with van der Waals surface area (Å²) in [5.41, 5.74) is 3.56. The van der Waals surface area contributed by atoms with Crippen LogP contribution < -0.4 is 4.90 Å². The van der Waals surface area contributed by atoms with Gasteiger partial charge in [0.25, 0.3) is 5.91 Å². The lowest BCUT2D eigenvalue weighted by Crippen LogP contribution is -2.48. The Labute approximate surface area is 174 Å². The molecule has 0 atom stereocenters. The maximum atomic E-state index is 12.8. The van der Waals surface area contributed by atoms with Crippen LogP contribution in [-0.4, -0.2) is 39.0 Å². The highest BCUT2D eigenvalue weighted by Gasteiger charge is 2.50. The van der Waals surface area contributed by atoms with Crippen molar-refractivity contribution >= 4 is 17.2 Å². The molecule has 3 heterocycles. The van der Waals surface area contributed by atoms with Crippen LogP contribution in [0.5, 0.6) is 0 Å². The average molecular weight is 409 g/mol. The molecule has 2 fully saturated rings. The van der Waals surface area contributed by atoms with Gasteiger partial charge in [-0.3, -0.25) is 4.90 Å². The fourth-order valence-corrected chi connectivity index (χ4v) is 4.15. The Hall–Kier alpha value is -2.71. The van der Waals surface area contributed by atoms with E-state index in [1.54, 1.807) is 13.1 Å². The molecule has 0 amide bonds. The molecule has 2 saturated heterocycles. The largest absolute Gasteiger partial charge is 0.462 e. The van der Waals surface area contributed by atoms with E-state index in [9.17, 15) is 4.79 Å². The summed E-state index contributed by atoms with van der Waals surface area (Å²) in [5.74, 6) is -1.57. The van der Waals surface area contributed by atoms with Gasteiger partial charge in [0.2, 0.25) is 0 Å². The van der Waals surface area contributed by atoms with Gasteiger partial charge in [0.05, 0.1) is 44.3 Å². The van der Waals surface area contributed by atoms with Crippen LogP contribution in [0.1, 0.15) is 29.9 Å². The summed E-state index contributed by atoms with van der Waals surface area (Å²) < 4.78 is 29.3. The lowest BCUT2D eigenvalue weighted by Gasteiger charge is -2.43. The first-order chi connectivity index (χ1) is 14.7. The van der Waals surface area contributed by atoms with Crippen molar-refractivity contribution in [1.82, 2.24) is 0 Å². The molecular weight excluding hydrogens is 386 g/mol. The molecule has 3 aliphatic heterocycles. The molecule has 2 aromatic carbocycles. The zero-order valence-electron chi connectivity index (χ0n) is 16.7. The van der Waals surface area contributed by atoms with Crippen LogP contribution in [-0.2, 0) is 34.4 Å². The Morgan fingerprint density at radius 1 is 1.03 bits per heavy atom. The first-order valence-corrected chi connectivity index (χ1v) is 10.1. The molecule has 5 rings (SSSR count). The maximum Gasteiger partial charge on any atom is 0.340 e. The summed E-state index contributed by atoms with van der Waals surface area (Å²) >= 11 is 0. The van der Waals surface area contributed by atoms with Crippen LogP contribution in [0.2, 0.25) is 0 Å². The molecule has 2 aromatic rings. The predicted molar refractivity (Wildman–Crippen MR) is 108 cm³/mol. The molecule has 0 unspecified atom stereocenters. The van der Waals surface area contributed by atoms with Crippen molar-refractivity contribution in [2.24, 2.45) is 0 Å². The highest BCUT2D eigenvalue weighted by atomic mass is 16.8. The van der Waals surface area contributed by atoms with E-state index in [0.717, 1.165) is 22.4 Å². The second kappa shape index (κ2) is 7.85. The third kappa shape index (κ3) is 3.02. The van der Waals surface area contributed by atoms with Crippen molar-refractivity contribution in [3.8, 4) is 0 Å². The van der Waals surface area contributed by atoms with Gasteiger partial charge in [-0.2, -0.15) is 0 Å². The number of hydrogen-bond donors (Lipinski definition) is 0. The van der Waals surface area contributed by atoms with Gasteiger partial charge in [0, 0.05) is 22.9 Å². The fraction of sp³-hybridized carbons (Fsp3) is 0.348. The summed E-state index contributed by atoms with van der Waals surface area (Å²) in [5, 5.41) is 0. The van der Waals surface area contributed by atoms with Gasteiger partial charge in [-0.05, 0) is 13.0 Å². The highest BCUT2D eigenvalue weighted by Crippen LogP contribution is 2.48.